The van der Waals surface area contributed by atoms with Gasteiger partial charge in [0.05, 0.1) is 24.8 Å². The highest BCUT2D eigenvalue weighted by Gasteiger charge is 2.16. The molecule has 1 amide bonds. The van der Waals surface area contributed by atoms with E-state index in [0.29, 0.717) is 11.4 Å². The predicted molar refractivity (Wildman–Crippen MR) is 95.1 cm³/mol. The molecule has 3 aromatic rings. The summed E-state index contributed by atoms with van der Waals surface area (Å²) in [5.41, 5.74) is 0.323. The molecule has 0 aliphatic rings. The van der Waals surface area contributed by atoms with Crippen LogP contribution in [-0.2, 0) is 22.6 Å². The topological polar surface area (TPSA) is 104 Å². The van der Waals surface area contributed by atoms with Crippen LogP contribution < -0.4 is 10.1 Å². The SMILES string of the molecule is COc1ccccc1NC(=O)Cc1noc(COC(=O)c2ccc(F)c(F)c2)n1. The van der Waals surface area contributed by atoms with Gasteiger partial charge in [0, 0.05) is 0 Å². The number of rotatable bonds is 7. The van der Waals surface area contributed by atoms with Crippen LogP contribution in [0.3, 0.4) is 0 Å². The van der Waals surface area contributed by atoms with Crippen LogP contribution in [0.1, 0.15) is 22.1 Å². The van der Waals surface area contributed by atoms with Crippen molar-refractivity contribution in [2.24, 2.45) is 0 Å². The zero-order valence-electron chi connectivity index (χ0n) is 15.1. The Balaban J connectivity index is 1.54. The number of amides is 1. The summed E-state index contributed by atoms with van der Waals surface area (Å²) in [6, 6.07) is 9.51. The number of carbonyl (C=O) groups is 2. The number of nitrogens with zero attached hydrogens (tertiary/aromatic N) is 2. The first-order valence-electron chi connectivity index (χ1n) is 8.32. The molecule has 0 aliphatic heterocycles. The van der Waals surface area contributed by atoms with Gasteiger partial charge in [0.1, 0.15) is 5.75 Å². The molecule has 0 atom stereocenters. The number of carbonyl (C=O) groups excluding carboxylic acids is 2. The fourth-order valence-electron chi connectivity index (χ4n) is 2.34. The van der Waals surface area contributed by atoms with Crippen LogP contribution in [0.4, 0.5) is 14.5 Å². The number of hydrogen-bond acceptors (Lipinski definition) is 7. The number of halogens is 2. The molecule has 8 nitrogen and oxygen atoms in total. The Morgan fingerprint density at radius 1 is 1.14 bits per heavy atom. The molecule has 0 saturated carbocycles. The summed E-state index contributed by atoms with van der Waals surface area (Å²) in [5, 5.41) is 6.30. The summed E-state index contributed by atoms with van der Waals surface area (Å²) < 4.78 is 41.0. The predicted octanol–water partition coefficient (Wildman–Crippen LogP) is 2.89. The minimum Gasteiger partial charge on any atom is -0.495 e. The van der Waals surface area contributed by atoms with Gasteiger partial charge < -0.3 is 19.3 Å². The van der Waals surface area contributed by atoms with Crippen molar-refractivity contribution >= 4 is 17.6 Å². The summed E-state index contributed by atoms with van der Waals surface area (Å²) >= 11 is 0. The first-order valence-corrected chi connectivity index (χ1v) is 8.32. The fraction of sp³-hybridized carbons (Fsp3) is 0.158. The van der Waals surface area contributed by atoms with E-state index in [9.17, 15) is 18.4 Å². The van der Waals surface area contributed by atoms with Crippen molar-refractivity contribution in [1.29, 1.82) is 0 Å². The number of nitrogens with one attached hydrogen (secondary N) is 1. The van der Waals surface area contributed by atoms with Crippen molar-refractivity contribution in [1.82, 2.24) is 10.1 Å². The molecule has 0 fully saturated rings. The van der Waals surface area contributed by atoms with Crippen molar-refractivity contribution in [3.05, 3.63) is 71.4 Å². The maximum absolute atomic E-state index is 13.2. The van der Waals surface area contributed by atoms with E-state index in [0.717, 1.165) is 18.2 Å². The van der Waals surface area contributed by atoms with Gasteiger partial charge in [0.15, 0.2) is 24.1 Å². The molecule has 150 valence electrons. The van der Waals surface area contributed by atoms with E-state index in [1.807, 2.05) is 0 Å². The number of esters is 1. The Morgan fingerprint density at radius 3 is 2.69 bits per heavy atom. The summed E-state index contributed by atoms with van der Waals surface area (Å²) in [7, 11) is 1.48. The summed E-state index contributed by atoms with van der Waals surface area (Å²) in [6.07, 6.45) is -0.182. The van der Waals surface area contributed by atoms with E-state index in [1.54, 1.807) is 24.3 Å². The first kappa shape index (κ1) is 19.9. The molecule has 3 rings (SSSR count). The van der Waals surface area contributed by atoms with Crippen LogP contribution in [0.25, 0.3) is 0 Å². The van der Waals surface area contributed by atoms with Gasteiger partial charge >= 0.3 is 5.97 Å². The van der Waals surface area contributed by atoms with Crippen LogP contribution in [-0.4, -0.2) is 29.1 Å². The smallest absolute Gasteiger partial charge is 0.338 e. The molecule has 2 aromatic carbocycles. The number of hydrogen-bond donors (Lipinski definition) is 1. The lowest BCUT2D eigenvalue weighted by Crippen LogP contribution is -2.15. The second-order valence-electron chi connectivity index (χ2n) is 5.73. The largest absolute Gasteiger partial charge is 0.495 e. The van der Waals surface area contributed by atoms with E-state index in [2.05, 4.69) is 15.5 Å². The van der Waals surface area contributed by atoms with Crippen LogP contribution in [0.5, 0.6) is 5.75 Å². The second kappa shape index (κ2) is 8.91. The summed E-state index contributed by atoms with van der Waals surface area (Å²) in [5.74, 6) is -3.01. The Kier molecular flexibility index (Phi) is 6.12. The van der Waals surface area contributed by atoms with Crippen molar-refractivity contribution in [3.63, 3.8) is 0 Å². The molecule has 10 heteroatoms. The molecule has 0 unspecified atom stereocenters. The van der Waals surface area contributed by atoms with E-state index < -0.39 is 23.5 Å². The molecule has 29 heavy (non-hydrogen) atoms. The molecular formula is C19H15F2N3O5. The number of ether oxygens (including phenoxy) is 2. The Morgan fingerprint density at radius 2 is 1.93 bits per heavy atom. The minimum absolute atomic E-state index is 0.0546. The number of benzene rings is 2. The average Bonchev–Trinajstić information content (AvgIpc) is 3.15. The fourth-order valence-corrected chi connectivity index (χ4v) is 2.34. The number of anilines is 1. The van der Waals surface area contributed by atoms with E-state index >= 15 is 0 Å². The highest BCUT2D eigenvalue weighted by atomic mass is 19.2. The van der Waals surface area contributed by atoms with E-state index in [-0.39, 0.29) is 30.3 Å². The van der Waals surface area contributed by atoms with Gasteiger partial charge in [-0.1, -0.05) is 17.3 Å². The Labute approximate surface area is 163 Å². The Bertz CT molecular complexity index is 1040. The van der Waals surface area contributed by atoms with Crippen molar-refractivity contribution < 1.29 is 32.4 Å². The third-order valence-corrected chi connectivity index (χ3v) is 3.69. The quantitative estimate of drug-likeness (QED) is 0.605. The first-order chi connectivity index (χ1) is 14.0. The summed E-state index contributed by atoms with van der Waals surface area (Å²) in [4.78, 5) is 27.9. The molecule has 0 saturated heterocycles. The maximum atomic E-state index is 13.2. The average molecular weight is 403 g/mol. The third kappa shape index (κ3) is 5.12. The number of para-hydroxylation sites is 2. The lowest BCUT2D eigenvalue weighted by Gasteiger charge is -2.08. The van der Waals surface area contributed by atoms with Gasteiger partial charge in [-0.25, -0.2) is 13.6 Å². The van der Waals surface area contributed by atoms with Gasteiger partial charge in [-0.15, -0.1) is 0 Å². The molecule has 0 spiro atoms. The van der Waals surface area contributed by atoms with Crippen LogP contribution in [0, 0.1) is 11.6 Å². The van der Waals surface area contributed by atoms with Gasteiger partial charge in [-0.2, -0.15) is 4.98 Å². The van der Waals surface area contributed by atoms with Gasteiger partial charge in [-0.05, 0) is 30.3 Å². The monoisotopic (exact) mass is 403 g/mol. The third-order valence-electron chi connectivity index (χ3n) is 3.69. The highest BCUT2D eigenvalue weighted by molar-refractivity contribution is 5.93. The van der Waals surface area contributed by atoms with E-state index in [1.165, 1.54) is 7.11 Å². The Hall–Kier alpha value is -3.82. The normalized spacial score (nSPS) is 10.4. The van der Waals surface area contributed by atoms with Crippen molar-refractivity contribution in [2.75, 3.05) is 12.4 Å². The van der Waals surface area contributed by atoms with E-state index in [4.69, 9.17) is 14.0 Å². The molecule has 0 bridgehead atoms. The molecule has 0 aliphatic carbocycles. The minimum atomic E-state index is -1.17. The molecule has 1 heterocycles. The number of aromatic nitrogens is 2. The van der Waals surface area contributed by atoms with Crippen molar-refractivity contribution in [3.8, 4) is 5.75 Å². The molecule has 1 aromatic heterocycles. The molecule has 1 N–H and O–H groups in total. The van der Waals surface area contributed by atoms with Gasteiger partial charge in [0.25, 0.3) is 5.89 Å². The lowest BCUT2D eigenvalue weighted by molar-refractivity contribution is -0.115. The van der Waals surface area contributed by atoms with Gasteiger partial charge in [0.2, 0.25) is 5.91 Å². The summed E-state index contributed by atoms with van der Waals surface area (Å²) in [6.45, 7) is -0.390. The van der Waals surface area contributed by atoms with Crippen molar-refractivity contribution in [2.45, 2.75) is 13.0 Å². The lowest BCUT2D eigenvalue weighted by atomic mass is 10.2. The zero-order valence-corrected chi connectivity index (χ0v) is 15.1. The molecule has 0 radical (unpaired) electrons. The maximum Gasteiger partial charge on any atom is 0.338 e. The molecular weight excluding hydrogens is 388 g/mol. The highest BCUT2D eigenvalue weighted by Crippen LogP contribution is 2.23. The van der Waals surface area contributed by atoms with Crippen LogP contribution in [0.15, 0.2) is 47.0 Å². The number of methoxy groups -OCH3 is 1. The standard InChI is InChI=1S/C19H15F2N3O5/c1-27-15-5-3-2-4-14(15)22-17(25)9-16-23-18(29-24-16)10-28-19(26)11-6-7-12(20)13(21)8-11/h2-8H,9-10H2,1H3,(H,22,25). The zero-order chi connectivity index (χ0) is 20.8. The second-order valence-corrected chi connectivity index (χ2v) is 5.73. The van der Waals surface area contributed by atoms with Gasteiger partial charge in [-0.3, -0.25) is 4.79 Å². The van der Waals surface area contributed by atoms with Crippen LogP contribution >= 0.6 is 0 Å². The van der Waals surface area contributed by atoms with Crippen LogP contribution in [0.2, 0.25) is 0 Å².